The number of aromatic nitrogens is 2. The monoisotopic (exact) mass is 332 g/mol. The fourth-order valence-corrected chi connectivity index (χ4v) is 2.49. The normalized spacial score (nSPS) is 13.3. The predicted molar refractivity (Wildman–Crippen MR) is 99.7 cm³/mol. The van der Waals surface area contributed by atoms with Crippen LogP contribution in [-0.2, 0) is 0 Å². The van der Waals surface area contributed by atoms with Gasteiger partial charge in [0.05, 0.1) is 0 Å². The smallest absolute Gasteiger partial charge is 0.225 e. The van der Waals surface area contributed by atoms with E-state index >= 15 is 0 Å². The summed E-state index contributed by atoms with van der Waals surface area (Å²) in [5.41, 5.74) is 1.89. The summed E-state index contributed by atoms with van der Waals surface area (Å²) in [5.74, 6) is 3.10. The lowest BCUT2D eigenvalue weighted by molar-refractivity contribution is 0.483. The summed E-state index contributed by atoms with van der Waals surface area (Å²) in [7, 11) is 0. The largest absolute Gasteiger partial charge is 0.457 e. The highest BCUT2D eigenvalue weighted by atomic mass is 16.5. The highest BCUT2D eigenvalue weighted by molar-refractivity contribution is 5.58. The van der Waals surface area contributed by atoms with Crippen molar-refractivity contribution >= 4 is 17.5 Å². The molecule has 2 N–H and O–H groups in total. The number of hydrogen-bond acceptors (Lipinski definition) is 5. The van der Waals surface area contributed by atoms with Crippen molar-refractivity contribution in [3.8, 4) is 11.5 Å². The van der Waals surface area contributed by atoms with E-state index in [1.54, 1.807) is 0 Å². The van der Waals surface area contributed by atoms with Crippen LogP contribution in [-0.4, -0.2) is 16.0 Å². The number of hydrogen-bond donors (Lipinski definition) is 2. The van der Waals surface area contributed by atoms with E-state index in [0.29, 0.717) is 12.0 Å². The van der Waals surface area contributed by atoms with Crippen LogP contribution in [0.2, 0.25) is 0 Å². The molecule has 4 rings (SSSR count). The number of nitrogens with zero attached hydrogens (tertiary/aromatic N) is 2. The topological polar surface area (TPSA) is 59.1 Å². The molecule has 5 nitrogen and oxygen atoms in total. The van der Waals surface area contributed by atoms with E-state index in [4.69, 9.17) is 4.74 Å². The summed E-state index contributed by atoms with van der Waals surface area (Å²) in [6.45, 7) is 1.97. The molecule has 2 aromatic carbocycles. The molecule has 1 aliphatic rings. The molecule has 0 bridgehead atoms. The van der Waals surface area contributed by atoms with Gasteiger partial charge in [-0.05, 0) is 56.2 Å². The first kappa shape index (κ1) is 15.4. The lowest BCUT2D eigenvalue weighted by Gasteiger charge is -2.10. The lowest BCUT2D eigenvalue weighted by Crippen LogP contribution is -2.07. The van der Waals surface area contributed by atoms with E-state index in [2.05, 4.69) is 20.6 Å². The second-order valence-electron chi connectivity index (χ2n) is 6.20. The summed E-state index contributed by atoms with van der Waals surface area (Å²) < 4.78 is 5.81. The number of rotatable bonds is 6. The maximum Gasteiger partial charge on any atom is 0.225 e. The Balaban J connectivity index is 1.44. The van der Waals surface area contributed by atoms with Crippen LogP contribution in [0, 0.1) is 6.92 Å². The van der Waals surface area contributed by atoms with Crippen LogP contribution in [0.25, 0.3) is 0 Å². The zero-order chi connectivity index (χ0) is 17.1. The van der Waals surface area contributed by atoms with Gasteiger partial charge in [0.25, 0.3) is 0 Å². The van der Waals surface area contributed by atoms with Gasteiger partial charge in [0.2, 0.25) is 5.95 Å². The Morgan fingerprint density at radius 3 is 2.36 bits per heavy atom. The van der Waals surface area contributed by atoms with Gasteiger partial charge >= 0.3 is 0 Å². The summed E-state index contributed by atoms with van der Waals surface area (Å²) in [6.07, 6.45) is 2.39. The highest BCUT2D eigenvalue weighted by Crippen LogP contribution is 2.26. The molecule has 126 valence electrons. The second-order valence-corrected chi connectivity index (χ2v) is 6.20. The Morgan fingerprint density at radius 2 is 1.64 bits per heavy atom. The zero-order valence-corrected chi connectivity index (χ0v) is 14.1. The minimum atomic E-state index is 0.532. The molecule has 1 heterocycles. The third-order valence-corrected chi connectivity index (χ3v) is 3.87. The number of aryl methyl sites for hydroxylation is 1. The van der Waals surface area contributed by atoms with Crippen LogP contribution in [0.5, 0.6) is 11.5 Å². The maximum absolute atomic E-state index is 5.81. The number of anilines is 3. The number of benzene rings is 2. The lowest BCUT2D eigenvalue weighted by atomic mass is 10.3. The van der Waals surface area contributed by atoms with Crippen LogP contribution in [0.1, 0.15) is 18.5 Å². The Hall–Kier alpha value is -3.08. The van der Waals surface area contributed by atoms with E-state index in [1.165, 1.54) is 12.8 Å². The molecule has 1 saturated carbocycles. The first-order valence-electron chi connectivity index (χ1n) is 8.47. The van der Waals surface area contributed by atoms with Crippen molar-refractivity contribution in [1.29, 1.82) is 0 Å². The number of nitrogens with one attached hydrogen (secondary N) is 2. The molecule has 0 spiro atoms. The van der Waals surface area contributed by atoms with Gasteiger partial charge in [-0.2, -0.15) is 4.98 Å². The van der Waals surface area contributed by atoms with Gasteiger partial charge in [-0.3, -0.25) is 0 Å². The molecule has 5 heteroatoms. The number of ether oxygens (including phenoxy) is 1. The molecule has 1 aliphatic carbocycles. The molecule has 1 fully saturated rings. The molecule has 25 heavy (non-hydrogen) atoms. The number of para-hydroxylation sites is 1. The van der Waals surface area contributed by atoms with Crippen LogP contribution in [0.15, 0.2) is 60.7 Å². The third kappa shape index (κ3) is 4.26. The molecular weight excluding hydrogens is 312 g/mol. The van der Waals surface area contributed by atoms with Crippen molar-refractivity contribution in [3.63, 3.8) is 0 Å². The molecule has 0 aliphatic heterocycles. The summed E-state index contributed by atoms with van der Waals surface area (Å²) in [6, 6.07) is 20.0. The van der Waals surface area contributed by atoms with E-state index < -0.39 is 0 Å². The quantitative estimate of drug-likeness (QED) is 0.672. The summed E-state index contributed by atoms with van der Waals surface area (Å²) in [4.78, 5) is 8.97. The fraction of sp³-hybridized carbons (Fsp3) is 0.200. The van der Waals surface area contributed by atoms with Crippen molar-refractivity contribution in [2.75, 3.05) is 10.6 Å². The molecule has 3 aromatic rings. The minimum absolute atomic E-state index is 0.532. The molecule has 0 saturated heterocycles. The van der Waals surface area contributed by atoms with Gasteiger partial charge in [-0.15, -0.1) is 0 Å². The van der Waals surface area contributed by atoms with Crippen LogP contribution >= 0.6 is 0 Å². The van der Waals surface area contributed by atoms with Crippen molar-refractivity contribution < 1.29 is 4.74 Å². The standard InChI is InChI=1S/C20H20N4O/c1-14-13-19(24-20(21-14)23-16-7-8-16)22-15-9-11-18(12-10-15)25-17-5-3-2-4-6-17/h2-6,9-13,16H,7-8H2,1H3,(H2,21,22,23,24). The Morgan fingerprint density at radius 1 is 0.920 bits per heavy atom. The van der Waals surface area contributed by atoms with E-state index in [1.807, 2.05) is 67.6 Å². The summed E-state index contributed by atoms with van der Waals surface area (Å²) >= 11 is 0. The average Bonchev–Trinajstić information content (AvgIpc) is 3.41. The molecule has 1 aromatic heterocycles. The Kier molecular flexibility index (Phi) is 4.21. The maximum atomic E-state index is 5.81. The van der Waals surface area contributed by atoms with Gasteiger partial charge in [0.15, 0.2) is 0 Å². The van der Waals surface area contributed by atoms with Gasteiger partial charge < -0.3 is 15.4 Å². The minimum Gasteiger partial charge on any atom is -0.457 e. The highest BCUT2D eigenvalue weighted by Gasteiger charge is 2.22. The van der Waals surface area contributed by atoms with Gasteiger partial charge in [0, 0.05) is 23.5 Å². The van der Waals surface area contributed by atoms with E-state index in [-0.39, 0.29) is 0 Å². The van der Waals surface area contributed by atoms with Crippen LogP contribution < -0.4 is 15.4 Å². The van der Waals surface area contributed by atoms with E-state index in [0.717, 1.165) is 28.7 Å². The predicted octanol–water partition coefficient (Wildman–Crippen LogP) is 4.90. The van der Waals surface area contributed by atoms with Gasteiger partial charge in [-0.25, -0.2) is 4.98 Å². The Bertz CT molecular complexity index is 845. The SMILES string of the molecule is Cc1cc(Nc2ccc(Oc3ccccc3)cc2)nc(NC2CC2)n1. The van der Waals surface area contributed by atoms with Crippen LogP contribution in [0.4, 0.5) is 17.5 Å². The van der Waals surface area contributed by atoms with Crippen molar-refractivity contribution in [3.05, 3.63) is 66.4 Å². The Labute approximate surface area is 147 Å². The molecular formula is C20H20N4O. The third-order valence-electron chi connectivity index (χ3n) is 3.87. The molecule has 0 amide bonds. The zero-order valence-electron chi connectivity index (χ0n) is 14.1. The summed E-state index contributed by atoms with van der Waals surface area (Å²) in [5, 5.41) is 6.66. The van der Waals surface area contributed by atoms with Crippen molar-refractivity contribution in [2.24, 2.45) is 0 Å². The van der Waals surface area contributed by atoms with Gasteiger partial charge in [0.1, 0.15) is 17.3 Å². The first-order valence-corrected chi connectivity index (χ1v) is 8.47. The fourth-order valence-electron chi connectivity index (χ4n) is 2.49. The van der Waals surface area contributed by atoms with Crippen LogP contribution in [0.3, 0.4) is 0 Å². The second kappa shape index (κ2) is 6.81. The van der Waals surface area contributed by atoms with Crippen molar-refractivity contribution in [1.82, 2.24) is 9.97 Å². The van der Waals surface area contributed by atoms with E-state index in [9.17, 15) is 0 Å². The molecule has 0 unspecified atom stereocenters. The average molecular weight is 332 g/mol. The van der Waals surface area contributed by atoms with Gasteiger partial charge in [-0.1, -0.05) is 18.2 Å². The molecule has 0 atom stereocenters. The van der Waals surface area contributed by atoms with Crippen molar-refractivity contribution in [2.45, 2.75) is 25.8 Å². The first-order chi connectivity index (χ1) is 12.2. The molecule has 0 radical (unpaired) electrons.